The fourth-order valence-corrected chi connectivity index (χ4v) is 3.89. The van der Waals surface area contributed by atoms with E-state index in [1.165, 1.54) is 0 Å². The molecule has 0 aromatic heterocycles. The van der Waals surface area contributed by atoms with Crippen molar-refractivity contribution < 1.29 is 28.8 Å². The van der Waals surface area contributed by atoms with Crippen LogP contribution in [0.15, 0.2) is 46.5 Å². The lowest BCUT2D eigenvalue weighted by atomic mass is 9.94. The van der Waals surface area contributed by atoms with Crippen LogP contribution in [0.5, 0.6) is 5.75 Å². The monoisotopic (exact) mass is 454 g/mol. The van der Waals surface area contributed by atoms with Gasteiger partial charge in [0.05, 0.1) is 38.1 Å². The van der Waals surface area contributed by atoms with E-state index in [2.05, 4.69) is 0 Å². The molecule has 172 valence electrons. The molecule has 0 spiro atoms. The molecule has 1 aromatic rings. The van der Waals surface area contributed by atoms with Crippen molar-refractivity contribution in [3.63, 3.8) is 0 Å². The van der Waals surface area contributed by atoms with Crippen LogP contribution < -0.4 is 4.74 Å². The summed E-state index contributed by atoms with van der Waals surface area (Å²) >= 11 is 6.53. The molecule has 0 aliphatic carbocycles. The van der Waals surface area contributed by atoms with Gasteiger partial charge in [-0.05, 0) is 48.6 Å². The number of ether oxygens (including phenoxy) is 3. The first-order chi connectivity index (χ1) is 14.8. The molecule has 1 aromatic carbocycles. The summed E-state index contributed by atoms with van der Waals surface area (Å²) in [7, 11) is 0. The molecular weight excluding hydrogens is 423 g/mol. The van der Waals surface area contributed by atoms with Crippen LogP contribution in [0, 0.1) is 0 Å². The second-order valence-corrected chi connectivity index (χ2v) is 8.94. The molecule has 3 atom stereocenters. The van der Waals surface area contributed by atoms with E-state index >= 15 is 0 Å². The maximum atomic E-state index is 14.0. The Morgan fingerprint density at radius 1 is 1.29 bits per heavy atom. The molecule has 0 saturated carbocycles. The van der Waals surface area contributed by atoms with Crippen molar-refractivity contribution in [3.8, 4) is 5.75 Å². The van der Waals surface area contributed by atoms with Crippen molar-refractivity contribution in [1.29, 1.82) is 0 Å². The molecule has 2 saturated heterocycles. The number of aliphatic hydroxyl groups excluding tert-OH is 2. The maximum Gasteiger partial charge on any atom is 0.190 e. The number of alkyl halides is 1. The Hall–Kier alpha value is -1.44. The highest BCUT2D eigenvalue weighted by Gasteiger charge is 2.39. The van der Waals surface area contributed by atoms with Gasteiger partial charge in [-0.2, -0.15) is 0 Å². The van der Waals surface area contributed by atoms with Crippen LogP contribution in [-0.4, -0.2) is 60.6 Å². The fourth-order valence-electron chi connectivity index (χ4n) is 3.76. The van der Waals surface area contributed by atoms with Gasteiger partial charge in [0.2, 0.25) is 0 Å². The number of allylic oxidation sites excluding steroid dienone is 3. The van der Waals surface area contributed by atoms with E-state index in [1.807, 2.05) is 44.2 Å². The molecule has 31 heavy (non-hydrogen) atoms. The maximum absolute atomic E-state index is 14.0. The van der Waals surface area contributed by atoms with Crippen molar-refractivity contribution in [3.05, 3.63) is 52.1 Å². The largest absolute Gasteiger partial charge is 0.490 e. The van der Waals surface area contributed by atoms with Crippen LogP contribution in [0.3, 0.4) is 0 Å². The molecule has 2 aliphatic heterocycles. The average Bonchev–Trinajstić information content (AvgIpc) is 2.75. The zero-order valence-corrected chi connectivity index (χ0v) is 18.9. The highest BCUT2D eigenvalue weighted by atomic mass is 35.5. The minimum absolute atomic E-state index is 0.0107. The minimum atomic E-state index is -1.38. The molecule has 2 aliphatic rings. The standard InChI is InChI=1S/C24H32ClFO5/c1-3-22(25)18(8-16(2)23-11-19(28)10-21(12-27)31-23)9-17-4-6-20(7-5-17)30-15-24(26)13-29-14-24/h4-8,19,21,23,27-28H,3,9-15H2,1-2H3/b16-8+,22-18-/t19-,21-,23+/m0/s1. The van der Waals surface area contributed by atoms with Crippen LogP contribution in [0.4, 0.5) is 4.39 Å². The number of benzene rings is 1. The molecule has 5 nitrogen and oxygen atoms in total. The quantitative estimate of drug-likeness (QED) is 0.550. The Morgan fingerprint density at radius 2 is 2.00 bits per heavy atom. The van der Waals surface area contributed by atoms with E-state index in [-0.39, 0.29) is 38.6 Å². The van der Waals surface area contributed by atoms with Crippen molar-refractivity contribution in [2.75, 3.05) is 26.4 Å². The average molecular weight is 455 g/mol. The number of halogens is 2. The summed E-state index contributed by atoms with van der Waals surface area (Å²) in [5, 5.41) is 20.3. The zero-order chi connectivity index (χ0) is 22.4. The molecule has 7 heteroatoms. The third-order valence-corrected chi connectivity index (χ3v) is 6.20. The minimum Gasteiger partial charge on any atom is -0.490 e. The molecular formula is C24H32ClFO5. The third-order valence-electron chi connectivity index (χ3n) is 5.69. The van der Waals surface area contributed by atoms with Crippen molar-refractivity contribution in [1.82, 2.24) is 0 Å². The van der Waals surface area contributed by atoms with Crippen molar-refractivity contribution in [2.45, 2.75) is 63.5 Å². The second kappa shape index (κ2) is 10.9. The molecule has 3 rings (SSSR count). The van der Waals surface area contributed by atoms with E-state index in [0.29, 0.717) is 31.4 Å². The number of rotatable bonds is 9. The van der Waals surface area contributed by atoms with E-state index < -0.39 is 11.8 Å². The second-order valence-electron chi connectivity index (χ2n) is 8.48. The first-order valence-electron chi connectivity index (χ1n) is 10.8. The van der Waals surface area contributed by atoms with Crippen LogP contribution in [0.2, 0.25) is 0 Å². The molecule has 0 bridgehead atoms. The summed E-state index contributed by atoms with van der Waals surface area (Å²) < 4.78 is 30.4. The van der Waals surface area contributed by atoms with Gasteiger partial charge in [-0.3, -0.25) is 0 Å². The van der Waals surface area contributed by atoms with Crippen LogP contribution in [-0.2, 0) is 15.9 Å². The molecule has 2 fully saturated rings. The first-order valence-corrected chi connectivity index (χ1v) is 11.2. The molecule has 0 radical (unpaired) electrons. The summed E-state index contributed by atoms with van der Waals surface area (Å²) in [6.07, 6.45) is 3.21. The van der Waals surface area contributed by atoms with Gasteiger partial charge in [0, 0.05) is 17.9 Å². The first kappa shape index (κ1) is 24.2. The highest BCUT2D eigenvalue weighted by molar-refractivity contribution is 6.30. The Bertz CT molecular complexity index is 788. The predicted octanol–water partition coefficient (Wildman–Crippen LogP) is 4.10. The summed E-state index contributed by atoms with van der Waals surface area (Å²) in [4.78, 5) is 0. The lowest BCUT2D eigenvalue weighted by molar-refractivity contribution is -0.146. The summed E-state index contributed by atoms with van der Waals surface area (Å²) in [6, 6.07) is 7.56. The van der Waals surface area contributed by atoms with Crippen LogP contribution >= 0.6 is 11.6 Å². The summed E-state index contributed by atoms with van der Waals surface area (Å²) in [5.41, 5.74) is 1.62. The van der Waals surface area contributed by atoms with E-state index in [4.69, 9.17) is 25.8 Å². The van der Waals surface area contributed by atoms with E-state index in [9.17, 15) is 14.6 Å². The number of hydrogen-bond donors (Lipinski definition) is 2. The number of aliphatic hydroxyl groups is 2. The SMILES string of the molecule is CC/C(Cl)=C(\C=C(/C)[C@H]1C[C@@H](O)C[C@@H](CO)O1)Cc1ccc(OCC2(F)COC2)cc1. The van der Waals surface area contributed by atoms with Crippen molar-refractivity contribution in [2.24, 2.45) is 0 Å². The van der Waals surface area contributed by atoms with Crippen molar-refractivity contribution >= 4 is 11.6 Å². The summed E-state index contributed by atoms with van der Waals surface area (Å²) in [5.74, 6) is 0.617. The van der Waals surface area contributed by atoms with Gasteiger partial charge >= 0.3 is 0 Å². The third kappa shape index (κ3) is 6.77. The van der Waals surface area contributed by atoms with Crippen LogP contribution in [0.25, 0.3) is 0 Å². The van der Waals surface area contributed by atoms with Crippen LogP contribution in [0.1, 0.15) is 38.7 Å². The fraction of sp³-hybridized carbons (Fsp3) is 0.583. The lowest BCUT2D eigenvalue weighted by Gasteiger charge is -2.33. The Morgan fingerprint density at radius 3 is 2.58 bits per heavy atom. The zero-order valence-electron chi connectivity index (χ0n) is 18.2. The van der Waals surface area contributed by atoms with Gasteiger partial charge in [0.1, 0.15) is 12.4 Å². The van der Waals surface area contributed by atoms with Gasteiger partial charge in [0.25, 0.3) is 0 Å². The summed E-state index contributed by atoms with van der Waals surface area (Å²) in [6.45, 7) is 4.02. The topological polar surface area (TPSA) is 68.2 Å². The van der Waals surface area contributed by atoms with Gasteiger partial charge in [-0.15, -0.1) is 0 Å². The van der Waals surface area contributed by atoms with E-state index in [0.717, 1.165) is 21.7 Å². The van der Waals surface area contributed by atoms with E-state index in [1.54, 1.807) is 0 Å². The normalized spacial score (nSPS) is 26.8. The number of hydrogen-bond acceptors (Lipinski definition) is 5. The Balaban J connectivity index is 1.66. The molecule has 0 amide bonds. The lowest BCUT2D eigenvalue weighted by Crippen LogP contribution is -2.50. The van der Waals surface area contributed by atoms with Gasteiger partial charge in [-0.1, -0.05) is 36.7 Å². The predicted molar refractivity (Wildman–Crippen MR) is 118 cm³/mol. The molecule has 2 heterocycles. The highest BCUT2D eigenvalue weighted by Crippen LogP contribution is 2.28. The Labute approximate surface area is 188 Å². The van der Waals surface area contributed by atoms with Gasteiger partial charge in [-0.25, -0.2) is 4.39 Å². The Kier molecular flexibility index (Phi) is 8.53. The molecule has 0 unspecified atom stereocenters. The van der Waals surface area contributed by atoms with Gasteiger partial charge < -0.3 is 24.4 Å². The molecule has 2 N–H and O–H groups in total. The smallest absolute Gasteiger partial charge is 0.190 e. The van der Waals surface area contributed by atoms with Gasteiger partial charge in [0.15, 0.2) is 5.67 Å².